The van der Waals surface area contributed by atoms with E-state index < -0.39 is 0 Å². The van der Waals surface area contributed by atoms with E-state index in [2.05, 4.69) is 26.1 Å². The third-order valence-corrected chi connectivity index (χ3v) is 5.92. The normalized spacial score (nSPS) is 51.7. The molecule has 4 saturated carbocycles. The van der Waals surface area contributed by atoms with Gasteiger partial charge in [0.15, 0.2) is 0 Å². The van der Waals surface area contributed by atoms with Crippen LogP contribution in [0.5, 0.6) is 0 Å². The largest absolute Gasteiger partial charge is 0.329 e. The average molecular weight is 250 g/mol. The van der Waals surface area contributed by atoms with Crippen LogP contribution in [-0.4, -0.2) is 19.1 Å². The molecule has 0 aromatic rings. The van der Waals surface area contributed by atoms with Crippen LogP contribution in [0.3, 0.4) is 0 Å². The van der Waals surface area contributed by atoms with Crippen LogP contribution in [0.25, 0.3) is 0 Å². The molecular weight excluding hydrogens is 220 g/mol. The molecule has 0 saturated heterocycles. The van der Waals surface area contributed by atoms with Crippen LogP contribution < -0.4 is 11.1 Å². The van der Waals surface area contributed by atoms with Crippen LogP contribution >= 0.6 is 0 Å². The molecule has 3 N–H and O–H groups in total. The lowest BCUT2D eigenvalue weighted by atomic mass is 9.40. The number of hydrogen-bond donors (Lipinski definition) is 2. The van der Waals surface area contributed by atoms with Gasteiger partial charge in [0.2, 0.25) is 0 Å². The summed E-state index contributed by atoms with van der Waals surface area (Å²) in [7, 11) is 0. The molecule has 3 atom stereocenters. The van der Waals surface area contributed by atoms with Gasteiger partial charge in [0.05, 0.1) is 0 Å². The highest BCUT2D eigenvalue weighted by molar-refractivity contribution is 5.10. The lowest BCUT2D eigenvalue weighted by molar-refractivity contribution is -0.143. The molecule has 0 aromatic carbocycles. The molecule has 104 valence electrons. The fourth-order valence-electron chi connectivity index (χ4n) is 6.36. The van der Waals surface area contributed by atoms with Crippen LogP contribution in [0.1, 0.15) is 59.3 Å². The third-order valence-electron chi connectivity index (χ3n) is 5.92. The first kappa shape index (κ1) is 12.9. The SMILES string of the molecule is CC(CN)NCC12CC3CC(C)(CC(C)(C3)C1)C2. The Hall–Kier alpha value is -0.0800. The highest BCUT2D eigenvalue weighted by atomic mass is 14.9. The van der Waals surface area contributed by atoms with E-state index in [1.165, 1.54) is 45.1 Å². The molecule has 4 bridgehead atoms. The van der Waals surface area contributed by atoms with Crippen LogP contribution in [-0.2, 0) is 0 Å². The van der Waals surface area contributed by atoms with Gasteiger partial charge in [-0.15, -0.1) is 0 Å². The van der Waals surface area contributed by atoms with Crippen LogP contribution in [0.2, 0.25) is 0 Å². The van der Waals surface area contributed by atoms with Crippen molar-refractivity contribution >= 4 is 0 Å². The van der Waals surface area contributed by atoms with E-state index in [4.69, 9.17) is 5.73 Å². The predicted octanol–water partition coefficient (Wildman–Crippen LogP) is 2.92. The number of rotatable bonds is 4. The van der Waals surface area contributed by atoms with Gasteiger partial charge in [-0.2, -0.15) is 0 Å². The zero-order valence-corrected chi connectivity index (χ0v) is 12.4. The van der Waals surface area contributed by atoms with Crippen LogP contribution in [0.15, 0.2) is 0 Å². The number of nitrogens with two attached hydrogens (primary N) is 1. The highest BCUT2D eigenvalue weighted by Crippen LogP contribution is 2.69. The van der Waals surface area contributed by atoms with Crippen molar-refractivity contribution in [3.63, 3.8) is 0 Å². The van der Waals surface area contributed by atoms with Crippen LogP contribution in [0, 0.1) is 22.2 Å². The Balaban J connectivity index is 1.76. The van der Waals surface area contributed by atoms with Crippen molar-refractivity contribution in [1.82, 2.24) is 5.32 Å². The van der Waals surface area contributed by atoms with Crippen molar-refractivity contribution in [2.75, 3.05) is 13.1 Å². The summed E-state index contributed by atoms with van der Waals surface area (Å²) in [5.74, 6) is 1.01. The Morgan fingerprint density at radius 2 is 1.72 bits per heavy atom. The molecule has 4 aliphatic carbocycles. The van der Waals surface area contributed by atoms with E-state index in [-0.39, 0.29) is 0 Å². The molecule has 0 spiro atoms. The number of hydrogen-bond acceptors (Lipinski definition) is 2. The second-order valence-corrected chi connectivity index (χ2v) is 8.65. The molecular formula is C16H30N2. The Labute approximate surface area is 112 Å². The first-order valence-corrected chi connectivity index (χ1v) is 7.80. The molecule has 0 radical (unpaired) electrons. The highest BCUT2D eigenvalue weighted by Gasteiger charge is 2.59. The fraction of sp³-hybridized carbons (Fsp3) is 1.00. The molecule has 4 fully saturated rings. The minimum atomic E-state index is 0.471. The molecule has 4 rings (SSSR count). The topological polar surface area (TPSA) is 38.0 Å². The summed E-state index contributed by atoms with van der Waals surface area (Å²) in [6.07, 6.45) is 8.85. The lowest BCUT2D eigenvalue weighted by Crippen LogP contribution is -2.58. The maximum absolute atomic E-state index is 5.74. The summed E-state index contributed by atoms with van der Waals surface area (Å²) in [6.45, 7) is 9.28. The molecule has 3 unspecified atom stereocenters. The van der Waals surface area contributed by atoms with Gasteiger partial charge in [-0.05, 0) is 67.6 Å². The van der Waals surface area contributed by atoms with Crippen molar-refractivity contribution in [2.45, 2.75) is 65.3 Å². The van der Waals surface area contributed by atoms with Gasteiger partial charge in [0, 0.05) is 19.1 Å². The third kappa shape index (κ3) is 2.12. The van der Waals surface area contributed by atoms with E-state index >= 15 is 0 Å². The summed E-state index contributed by atoms with van der Waals surface area (Å²) in [5.41, 5.74) is 7.61. The first-order valence-electron chi connectivity index (χ1n) is 7.80. The van der Waals surface area contributed by atoms with Gasteiger partial charge < -0.3 is 11.1 Å². The maximum atomic E-state index is 5.74. The van der Waals surface area contributed by atoms with E-state index in [1.54, 1.807) is 0 Å². The number of nitrogens with one attached hydrogen (secondary N) is 1. The van der Waals surface area contributed by atoms with E-state index in [1.807, 2.05) is 0 Å². The van der Waals surface area contributed by atoms with E-state index in [0.29, 0.717) is 22.3 Å². The Bertz CT molecular complexity index is 320. The van der Waals surface area contributed by atoms with Gasteiger partial charge in [0.1, 0.15) is 0 Å². The van der Waals surface area contributed by atoms with Gasteiger partial charge in [0.25, 0.3) is 0 Å². The Morgan fingerprint density at radius 3 is 2.22 bits per heavy atom. The van der Waals surface area contributed by atoms with E-state index in [9.17, 15) is 0 Å². The Kier molecular flexibility index (Phi) is 2.84. The van der Waals surface area contributed by atoms with Crippen molar-refractivity contribution in [2.24, 2.45) is 27.9 Å². The zero-order valence-electron chi connectivity index (χ0n) is 12.4. The zero-order chi connectivity index (χ0) is 13.0. The monoisotopic (exact) mass is 250 g/mol. The minimum Gasteiger partial charge on any atom is -0.329 e. The smallest absolute Gasteiger partial charge is 0.0162 e. The van der Waals surface area contributed by atoms with Crippen molar-refractivity contribution in [1.29, 1.82) is 0 Å². The quantitative estimate of drug-likeness (QED) is 0.805. The molecule has 4 aliphatic rings. The molecule has 0 aromatic heterocycles. The molecule has 0 aliphatic heterocycles. The molecule has 0 amide bonds. The van der Waals surface area contributed by atoms with Crippen molar-refractivity contribution < 1.29 is 0 Å². The van der Waals surface area contributed by atoms with E-state index in [0.717, 1.165) is 12.5 Å². The fourth-order valence-corrected chi connectivity index (χ4v) is 6.36. The predicted molar refractivity (Wildman–Crippen MR) is 76.4 cm³/mol. The van der Waals surface area contributed by atoms with Crippen molar-refractivity contribution in [3.8, 4) is 0 Å². The average Bonchev–Trinajstić information content (AvgIpc) is 2.21. The Morgan fingerprint density at radius 1 is 1.11 bits per heavy atom. The van der Waals surface area contributed by atoms with Crippen LogP contribution in [0.4, 0.5) is 0 Å². The standard InChI is InChI=1S/C16H30N2/c1-12(7-17)18-11-16-6-13-4-14(2,9-16)8-15(3,5-13)10-16/h12-13,18H,4-11,17H2,1-3H3. The second-order valence-electron chi connectivity index (χ2n) is 8.65. The molecule has 18 heavy (non-hydrogen) atoms. The van der Waals surface area contributed by atoms with Gasteiger partial charge >= 0.3 is 0 Å². The first-order chi connectivity index (χ1) is 8.36. The molecule has 2 nitrogen and oxygen atoms in total. The van der Waals surface area contributed by atoms with Gasteiger partial charge in [-0.1, -0.05) is 13.8 Å². The molecule has 0 heterocycles. The van der Waals surface area contributed by atoms with Gasteiger partial charge in [-0.25, -0.2) is 0 Å². The van der Waals surface area contributed by atoms with Gasteiger partial charge in [-0.3, -0.25) is 0 Å². The second kappa shape index (κ2) is 3.96. The lowest BCUT2D eigenvalue weighted by Gasteiger charge is -2.65. The molecule has 2 heteroatoms. The summed E-state index contributed by atoms with van der Waals surface area (Å²) in [5, 5.41) is 3.70. The maximum Gasteiger partial charge on any atom is 0.0162 e. The van der Waals surface area contributed by atoms with Crippen molar-refractivity contribution in [3.05, 3.63) is 0 Å². The summed E-state index contributed by atoms with van der Waals surface area (Å²) >= 11 is 0. The minimum absolute atomic E-state index is 0.471. The summed E-state index contributed by atoms with van der Waals surface area (Å²) in [4.78, 5) is 0. The summed E-state index contributed by atoms with van der Waals surface area (Å²) < 4.78 is 0. The summed E-state index contributed by atoms with van der Waals surface area (Å²) in [6, 6.07) is 0.471.